The summed E-state index contributed by atoms with van der Waals surface area (Å²) in [5, 5.41) is 13.4. The van der Waals surface area contributed by atoms with Crippen LogP contribution in [0, 0.1) is 5.92 Å². The van der Waals surface area contributed by atoms with E-state index in [4.69, 9.17) is 0 Å². The number of hydrogen-bond donors (Lipinski definition) is 1. The molecular weight excluding hydrogens is 234 g/mol. The molecule has 1 N–H and O–H groups in total. The van der Waals surface area contributed by atoms with E-state index in [2.05, 4.69) is 5.10 Å². The molecule has 1 aromatic rings. The molecule has 18 heavy (non-hydrogen) atoms. The normalized spacial score (nSPS) is 24.3. The number of aryl methyl sites for hydroxylation is 1. The van der Waals surface area contributed by atoms with Gasteiger partial charge < -0.3 is 10.0 Å². The van der Waals surface area contributed by atoms with E-state index in [0.29, 0.717) is 12.8 Å². The number of amides is 1. The van der Waals surface area contributed by atoms with Gasteiger partial charge in [0.05, 0.1) is 18.2 Å². The summed E-state index contributed by atoms with van der Waals surface area (Å²) in [5.41, 5.74) is 0.791. The van der Waals surface area contributed by atoms with Crippen molar-refractivity contribution >= 4 is 11.9 Å². The zero-order valence-electron chi connectivity index (χ0n) is 10.5. The molecule has 6 heteroatoms. The van der Waals surface area contributed by atoms with Crippen molar-refractivity contribution in [3.05, 3.63) is 18.0 Å². The monoisotopic (exact) mass is 251 g/mol. The summed E-state index contributed by atoms with van der Waals surface area (Å²) in [6.07, 6.45) is 4.15. The first-order valence-electron chi connectivity index (χ1n) is 6.05. The highest BCUT2D eigenvalue weighted by molar-refractivity contribution is 5.81. The summed E-state index contributed by atoms with van der Waals surface area (Å²) in [5.74, 6) is -1.42. The molecular formula is C12H17N3O3. The van der Waals surface area contributed by atoms with Gasteiger partial charge in [-0.25, -0.2) is 0 Å². The number of hydrogen-bond acceptors (Lipinski definition) is 3. The topological polar surface area (TPSA) is 75.4 Å². The third kappa shape index (κ3) is 2.10. The number of carboxylic acids is 1. The maximum atomic E-state index is 11.7. The predicted molar refractivity (Wildman–Crippen MR) is 63.8 cm³/mol. The summed E-state index contributed by atoms with van der Waals surface area (Å²) in [4.78, 5) is 24.6. The van der Waals surface area contributed by atoms with Gasteiger partial charge in [-0.05, 0) is 13.3 Å². The summed E-state index contributed by atoms with van der Waals surface area (Å²) >= 11 is 0. The second-order valence-corrected chi connectivity index (χ2v) is 4.56. The lowest BCUT2D eigenvalue weighted by Gasteiger charge is -2.36. The van der Waals surface area contributed by atoms with Gasteiger partial charge in [-0.2, -0.15) is 5.10 Å². The standard InChI is InChI=1S/C12H17N3O3/c1-3-15-7-8(6-13-15)11-9(12(17)18)4-5-10(16)14(11)2/h6-7,9,11H,3-5H2,1-2H3,(H,17,18)/t9-,11+/m0/s1. The summed E-state index contributed by atoms with van der Waals surface area (Å²) in [6, 6.07) is -0.413. The Kier molecular flexibility index (Phi) is 3.36. The highest BCUT2D eigenvalue weighted by atomic mass is 16.4. The Morgan fingerprint density at radius 3 is 2.89 bits per heavy atom. The molecule has 6 nitrogen and oxygen atoms in total. The largest absolute Gasteiger partial charge is 0.481 e. The second kappa shape index (κ2) is 4.80. The quantitative estimate of drug-likeness (QED) is 0.866. The molecule has 1 fully saturated rings. The molecule has 1 amide bonds. The van der Waals surface area contributed by atoms with Crippen molar-refractivity contribution in [3.8, 4) is 0 Å². The van der Waals surface area contributed by atoms with Crippen LogP contribution in [0.1, 0.15) is 31.4 Å². The smallest absolute Gasteiger partial charge is 0.308 e. The van der Waals surface area contributed by atoms with E-state index in [9.17, 15) is 14.7 Å². The van der Waals surface area contributed by atoms with Crippen LogP contribution in [-0.4, -0.2) is 38.7 Å². The maximum absolute atomic E-state index is 11.7. The number of carbonyl (C=O) groups is 2. The van der Waals surface area contributed by atoms with Gasteiger partial charge in [-0.1, -0.05) is 0 Å². The van der Waals surface area contributed by atoms with Gasteiger partial charge in [0.25, 0.3) is 0 Å². The molecule has 0 bridgehead atoms. The fourth-order valence-electron chi connectivity index (χ4n) is 2.46. The number of likely N-dealkylation sites (tertiary alicyclic amines) is 1. The van der Waals surface area contributed by atoms with Crippen molar-refractivity contribution in [2.24, 2.45) is 5.92 Å². The number of rotatable bonds is 3. The Balaban J connectivity index is 2.34. The Bertz CT molecular complexity index is 469. The highest BCUT2D eigenvalue weighted by Crippen LogP contribution is 2.35. The van der Waals surface area contributed by atoms with Crippen LogP contribution in [0.2, 0.25) is 0 Å². The van der Waals surface area contributed by atoms with Crippen LogP contribution >= 0.6 is 0 Å². The molecule has 1 aliphatic rings. The van der Waals surface area contributed by atoms with Crippen LogP contribution < -0.4 is 0 Å². The van der Waals surface area contributed by atoms with E-state index < -0.39 is 17.9 Å². The van der Waals surface area contributed by atoms with E-state index in [1.54, 1.807) is 17.9 Å². The fraction of sp³-hybridized carbons (Fsp3) is 0.583. The molecule has 1 saturated heterocycles. The molecule has 2 heterocycles. The average Bonchev–Trinajstić information content (AvgIpc) is 2.80. The number of carbonyl (C=O) groups excluding carboxylic acids is 1. The number of nitrogens with zero attached hydrogens (tertiary/aromatic N) is 3. The SMILES string of the molecule is CCn1cc([C@@H]2[C@@H](C(=O)O)CCC(=O)N2C)cn1. The minimum absolute atomic E-state index is 0.0123. The number of carboxylic acid groups (broad SMARTS) is 1. The van der Waals surface area contributed by atoms with Crippen molar-refractivity contribution in [1.29, 1.82) is 0 Å². The van der Waals surface area contributed by atoms with Crippen molar-refractivity contribution in [2.75, 3.05) is 7.05 Å². The second-order valence-electron chi connectivity index (χ2n) is 4.56. The van der Waals surface area contributed by atoms with Crippen LogP contribution in [0.15, 0.2) is 12.4 Å². The zero-order chi connectivity index (χ0) is 13.3. The first-order valence-corrected chi connectivity index (χ1v) is 6.05. The Hall–Kier alpha value is -1.85. The molecule has 1 aliphatic heterocycles. The van der Waals surface area contributed by atoms with Gasteiger partial charge in [0.1, 0.15) is 0 Å². The molecule has 2 rings (SSSR count). The Morgan fingerprint density at radius 2 is 2.33 bits per heavy atom. The van der Waals surface area contributed by atoms with E-state index in [-0.39, 0.29) is 5.91 Å². The molecule has 1 aromatic heterocycles. The molecule has 0 aliphatic carbocycles. The first-order chi connectivity index (χ1) is 8.54. The number of aromatic nitrogens is 2. The average molecular weight is 251 g/mol. The van der Waals surface area contributed by atoms with E-state index in [1.165, 1.54) is 4.90 Å². The van der Waals surface area contributed by atoms with Gasteiger partial charge in [-0.3, -0.25) is 14.3 Å². The van der Waals surface area contributed by atoms with Gasteiger partial charge in [0, 0.05) is 31.8 Å². The molecule has 0 unspecified atom stereocenters. The lowest BCUT2D eigenvalue weighted by molar-refractivity contribution is -0.150. The lowest BCUT2D eigenvalue weighted by Crippen LogP contribution is -2.42. The maximum Gasteiger partial charge on any atom is 0.308 e. The van der Waals surface area contributed by atoms with E-state index >= 15 is 0 Å². The van der Waals surface area contributed by atoms with Crippen molar-refractivity contribution in [1.82, 2.24) is 14.7 Å². The minimum atomic E-state index is -0.858. The van der Waals surface area contributed by atoms with E-state index in [1.807, 2.05) is 13.1 Å². The molecule has 0 radical (unpaired) electrons. The third-order valence-corrected chi connectivity index (χ3v) is 3.50. The highest BCUT2D eigenvalue weighted by Gasteiger charge is 2.39. The van der Waals surface area contributed by atoms with Gasteiger partial charge in [0.2, 0.25) is 5.91 Å². The molecule has 0 spiro atoms. The van der Waals surface area contributed by atoms with Gasteiger partial charge >= 0.3 is 5.97 Å². The number of aliphatic carboxylic acids is 1. The third-order valence-electron chi connectivity index (χ3n) is 3.50. The zero-order valence-corrected chi connectivity index (χ0v) is 10.5. The Labute approximate surface area is 105 Å². The molecule has 2 atom stereocenters. The van der Waals surface area contributed by atoms with Crippen LogP contribution in [0.5, 0.6) is 0 Å². The summed E-state index contributed by atoms with van der Waals surface area (Å²) < 4.78 is 1.74. The van der Waals surface area contributed by atoms with E-state index in [0.717, 1.165) is 12.1 Å². The summed E-state index contributed by atoms with van der Waals surface area (Å²) in [6.45, 7) is 2.68. The van der Waals surface area contributed by atoms with Crippen molar-refractivity contribution in [3.63, 3.8) is 0 Å². The summed E-state index contributed by atoms with van der Waals surface area (Å²) in [7, 11) is 1.66. The van der Waals surface area contributed by atoms with Crippen LogP contribution in [-0.2, 0) is 16.1 Å². The molecule has 0 aromatic carbocycles. The van der Waals surface area contributed by atoms with Crippen molar-refractivity contribution < 1.29 is 14.7 Å². The van der Waals surface area contributed by atoms with Gasteiger partial charge in [0.15, 0.2) is 0 Å². The van der Waals surface area contributed by atoms with Crippen LogP contribution in [0.25, 0.3) is 0 Å². The minimum Gasteiger partial charge on any atom is -0.481 e. The first kappa shape index (κ1) is 12.6. The fourth-order valence-corrected chi connectivity index (χ4v) is 2.46. The van der Waals surface area contributed by atoms with Crippen LogP contribution in [0.3, 0.4) is 0 Å². The number of piperidine rings is 1. The molecule has 0 saturated carbocycles. The molecule has 98 valence electrons. The van der Waals surface area contributed by atoms with Gasteiger partial charge in [-0.15, -0.1) is 0 Å². The van der Waals surface area contributed by atoms with Crippen LogP contribution in [0.4, 0.5) is 0 Å². The predicted octanol–water partition coefficient (Wildman–Crippen LogP) is 0.897. The lowest BCUT2D eigenvalue weighted by atomic mass is 9.86. The Morgan fingerprint density at radius 1 is 1.61 bits per heavy atom. The van der Waals surface area contributed by atoms with Crippen molar-refractivity contribution in [2.45, 2.75) is 32.4 Å².